The molecule has 3 aliphatic rings. The molecule has 0 aromatic heterocycles. The number of nitrogens with one attached hydrogen (secondary N) is 1. The van der Waals surface area contributed by atoms with Crippen LogP contribution >= 0.6 is 0 Å². The maximum atomic E-state index is 14.3. The van der Waals surface area contributed by atoms with Crippen LogP contribution in [-0.4, -0.2) is 24.7 Å². The second-order valence-corrected chi connectivity index (χ2v) is 10.3. The average Bonchev–Trinajstić information content (AvgIpc) is 2.74. The van der Waals surface area contributed by atoms with Gasteiger partial charge in [0.25, 0.3) is 0 Å². The van der Waals surface area contributed by atoms with Crippen molar-refractivity contribution in [1.29, 1.82) is 0 Å². The number of hydrogen-bond acceptors (Lipinski definition) is 2. The van der Waals surface area contributed by atoms with E-state index < -0.39 is 0 Å². The Morgan fingerprint density at radius 2 is 1.86 bits per heavy atom. The van der Waals surface area contributed by atoms with Crippen LogP contribution < -0.4 is 11.1 Å². The number of nitrogens with two attached hydrogens (primary N) is 1. The van der Waals surface area contributed by atoms with Crippen LogP contribution in [0.2, 0.25) is 0 Å². The molecule has 1 unspecified atom stereocenters. The van der Waals surface area contributed by atoms with Gasteiger partial charge in [-0.05, 0) is 86.5 Å². The molecular formula is C25H37FN2O. The van der Waals surface area contributed by atoms with Gasteiger partial charge in [-0.1, -0.05) is 36.8 Å². The van der Waals surface area contributed by atoms with Crippen LogP contribution in [0.4, 0.5) is 4.39 Å². The number of carbonyl (C=O) groups excluding carboxylic acids is 1. The van der Waals surface area contributed by atoms with Crippen LogP contribution in [0.1, 0.15) is 82.6 Å². The standard InChI is InChI=1S/C25H37FN2O/c26-18-24-13-4-14-25(17-24,20-5-2-1-3-6-20)16-19(15-24)7-12-23(29)28-22-10-8-21(27)9-11-22/h1-3,5-6,19,21-22H,4,7-18,27H2,(H,28,29)/t19?,21-,22+,24-,25+/m0/s1. The molecule has 0 aliphatic heterocycles. The molecule has 29 heavy (non-hydrogen) atoms. The molecule has 2 bridgehead atoms. The van der Waals surface area contributed by atoms with E-state index in [1.54, 1.807) is 0 Å². The van der Waals surface area contributed by atoms with Crippen molar-refractivity contribution in [3.05, 3.63) is 35.9 Å². The second-order valence-electron chi connectivity index (χ2n) is 10.3. The zero-order chi connectivity index (χ0) is 20.3. The van der Waals surface area contributed by atoms with Crippen molar-refractivity contribution < 1.29 is 9.18 Å². The number of carbonyl (C=O) groups is 1. The molecule has 0 saturated heterocycles. The van der Waals surface area contributed by atoms with E-state index in [-0.39, 0.29) is 23.4 Å². The first-order valence-electron chi connectivity index (χ1n) is 11.7. The van der Waals surface area contributed by atoms with Gasteiger partial charge in [-0.25, -0.2) is 0 Å². The van der Waals surface area contributed by atoms with Crippen LogP contribution in [0.5, 0.6) is 0 Å². The SMILES string of the molecule is N[C@H]1CC[C@@H](NC(=O)CCC2C[C@@]3(CF)CCC[C@@](c4ccccc4)(C2)C3)CC1. The van der Waals surface area contributed by atoms with E-state index in [1.165, 1.54) is 5.56 Å². The van der Waals surface area contributed by atoms with Gasteiger partial charge in [0.1, 0.15) is 0 Å². The Morgan fingerprint density at radius 3 is 2.59 bits per heavy atom. The second kappa shape index (κ2) is 8.75. The summed E-state index contributed by atoms with van der Waals surface area (Å²) < 4.78 is 14.3. The minimum Gasteiger partial charge on any atom is -0.353 e. The first-order valence-corrected chi connectivity index (χ1v) is 11.7. The van der Waals surface area contributed by atoms with E-state index >= 15 is 0 Å². The molecule has 0 radical (unpaired) electrons. The van der Waals surface area contributed by atoms with E-state index in [0.29, 0.717) is 24.4 Å². The van der Waals surface area contributed by atoms with Crippen LogP contribution in [0.15, 0.2) is 30.3 Å². The lowest BCUT2D eigenvalue weighted by Gasteiger charge is -2.54. The lowest BCUT2D eigenvalue weighted by Crippen LogP contribution is -2.48. The third-order valence-corrected chi connectivity index (χ3v) is 8.06. The Kier molecular flexibility index (Phi) is 6.29. The zero-order valence-electron chi connectivity index (χ0n) is 17.7. The first-order chi connectivity index (χ1) is 14.0. The fourth-order valence-corrected chi connectivity index (χ4v) is 6.71. The molecule has 3 nitrogen and oxygen atoms in total. The molecular weight excluding hydrogens is 363 g/mol. The Morgan fingerprint density at radius 1 is 1.10 bits per heavy atom. The molecule has 0 heterocycles. The van der Waals surface area contributed by atoms with Crippen LogP contribution in [0, 0.1) is 11.3 Å². The maximum Gasteiger partial charge on any atom is 0.220 e. The van der Waals surface area contributed by atoms with E-state index in [1.807, 2.05) is 0 Å². The highest BCUT2D eigenvalue weighted by Crippen LogP contribution is 2.59. The van der Waals surface area contributed by atoms with Gasteiger partial charge in [0.05, 0.1) is 6.67 Å². The molecule has 1 aromatic rings. The van der Waals surface area contributed by atoms with Gasteiger partial charge in [-0.2, -0.15) is 0 Å². The number of halogens is 1. The first kappa shape index (κ1) is 20.8. The Hall–Kier alpha value is -1.42. The van der Waals surface area contributed by atoms with Gasteiger partial charge in [0.15, 0.2) is 0 Å². The fourth-order valence-electron chi connectivity index (χ4n) is 6.71. The van der Waals surface area contributed by atoms with Gasteiger partial charge in [-0.3, -0.25) is 9.18 Å². The predicted molar refractivity (Wildman–Crippen MR) is 115 cm³/mol. The summed E-state index contributed by atoms with van der Waals surface area (Å²) in [6, 6.07) is 11.4. The number of fused-ring (bicyclic) bond motifs is 2. The molecule has 160 valence electrons. The zero-order valence-corrected chi connectivity index (χ0v) is 17.7. The summed E-state index contributed by atoms with van der Waals surface area (Å²) in [5.74, 6) is 0.606. The summed E-state index contributed by atoms with van der Waals surface area (Å²) in [6.07, 6.45) is 11.8. The quantitative estimate of drug-likeness (QED) is 0.704. The van der Waals surface area contributed by atoms with Crippen molar-refractivity contribution in [3.8, 4) is 0 Å². The molecule has 3 saturated carbocycles. The monoisotopic (exact) mass is 400 g/mol. The Labute approximate surface area is 175 Å². The summed E-state index contributed by atoms with van der Waals surface area (Å²) in [6.45, 7) is -0.216. The van der Waals surface area contributed by atoms with Gasteiger partial charge < -0.3 is 11.1 Å². The smallest absolute Gasteiger partial charge is 0.220 e. The van der Waals surface area contributed by atoms with Crippen LogP contribution in [-0.2, 0) is 10.2 Å². The lowest BCUT2D eigenvalue weighted by molar-refractivity contribution is -0.122. The minimum atomic E-state index is -0.216. The van der Waals surface area contributed by atoms with Gasteiger partial charge in [0.2, 0.25) is 5.91 Å². The molecule has 1 amide bonds. The molecule has 3 fully saturated rings. The third kappa shape index (κ3) is 4.68. The summed E-state index contributed by atoms with van der Waals surface area (Å²) in [5, 5.41) is 3.23. The third-order valence-electron chi connectivity index (χ3n) is 8.06. The molecule has 4 rings (SSSR count). The molecule has 4 heteroatoms. The van der Waals surface area contributed by atoms with Gasteiger partial charge in [0, 0.05) is 18.5 Å². The highest BCUT2D eigenvalue weighted by atomic mass is 19.1. The number of hydrogen-bond donors (Lipinski definition) is 2. The maximum absolute atomic E-state index is 14.3. The van der Waals surface area contributed by atoms with Crippen molar-refractivity contribution in [2.45, 2.75) is 94.5 Å². The van der Waals surface area contributed by atoms with Gasteiger partial charge in [-0.15, -0.1) is 0 Å². The summed E-state index contributed by atoms with van der Waals surface area (Å²) >= 11 is 0. The summed E-state index contributed by atoms with van der Waals surface area (Å²) in [4.78, 5) is 12.6. The number of alkyl halides is 1. The summed E-state index contributed by atoms with van der Waals surface area (Å²) in [7, 11) is 0. The summed E-state index contributed by atoms with van der Waals surface area (Å²) in [5.41, 5.74) is 7.28. The topological polar surface area (TPSA) is 55.1 Å². The molecule has 3 N–H and O–H groups in total. The molecule has 1 aromatic carbocycles. The van der Waals surface area contributed by atoms with Crippen molar-refractivity contribution in [2.24, 2.45) is 17.1 Å². The average molecular weight is 401 g/mol. The minimum absolute atomic E-state index is 0.102. The van der Waals surface area contributed by atoms with E-state index in [4.69, 9.17) is 5.73 Å². The van der Waals surface area contributed by atoms with Crippen molar-refractivity contribution in [3.63, 3.8) is 0 Å². The van der Waals surface area contributed by atoms with Crippen molar-refractivity contribution in [2.75, 3.05) is 6.67 Å². The predicted octanol–water partition coefficient (Wildman–Crippen LogP) is 5.03. The Bertz CT molecular complexity index is 687. The highest BCUT2D eigenvalue weighted by Gasteiger charge is 2.51. The lowest BCUT2D eigenvalue weighted by atomic mass is 9.50. The van der Waals surface area contributed by atoms with E-state index in [0.717, 1.165) is 70.6 Å². The molecule has 3 atom stereocenters. The van der Waals surface area contributed by atoms with Crippen LogP contribution in [0.25, 0.3) is 0 Å². The van der Waals surface area contributed by atoms with E-state index in [9.17, 15) is 9.18 Å². The fraction of sp³-hybridized carbons (Fsp3) is 0.720. The normalized spacial score (nSPS) is 37.1. The number of amides is 1. The molecule has 3 aliphatic carbocycles. The van der Waals surface area contributed by atoms with E-state index in [2.05, 4.69) is 35.6 Å². The van der Waals surface area contributed by atoms with Gasteiger partial charge >= 0.3 is 0 Å². The van der Waals surface area contributed by atoms with Crippen molar-refractivity contribution >= 4 is 5.91 Å². The number of benzene rings is 1. The largest absolute Gasteiger partial charge is 0.353 e. The Balaban J connectivity index is 1.39. The highest BCUT2D eigenvalue weighted by molar-refractivity contribution is 5.76. The number of rotatable bonds is 6. The van der Waals surface area contributed by atoms with Crippen LogP contribution in [0.3, 0.4) is 0 Å². The molecule has 0 spiro atoms. The van der Waals surface area contributed by atoms with Crippen molar-refractivity contribution in [1.82, 2.24) is 5.32 Å².